The molecule has 0 fully saturated rings. The minimum absolute atomic E-state index is 0.0463. The zero-order valence-electron chi connectivity index (χ0n) is 16.0. The SMILES string of the molecule is CCOC(=O)C1=C(O)/C(=C/c2ccc(OCC#N)c(Br)c2)SC1=Nc1ccccc1. The van der Waals surface area contributed by atoms with Crippen LogP contribution in [0.5, 0.6) is 5.75 Å². The Morgan fingerprint density at radius 3 is 2.73 bits per heavy atom. The van der Waals surface area contributed by atoms with Gasteiger partial charge in [0, 0.05) is 0 Å². The molecule has 6 nitrogen and oxygen atoms in total. The maximum absolute atomic E-state index is 12.4. The van der Waals surface area contributed by atoms with Crippen molar-refractivity contribution in [3.63, 3.8) is 0 Å². The molecule has 3 rings (SSSR count). The Morgan fingerprint density at radius 2 is 2.07 bits per heavy atom. The van der Waals surface area contributed by atoms with Crippen LogP contribution >= 0.6 is 27.7 Å². The molecule has 1 heterocycles. The molecule has 2 aromatic rings. The Morgan fingerprint density at radius 1 is 1.30 bits per heavy atom. The van der Waals surface area contributed by atoms with Gasteiger partial charge in [0.25, 0.3) is 0 Å². The van der Waals surface area contributed by atoms with Crippen molar-refractivity contribution in [1.82, 2.24) is 0 Å². The number of rotatable bonds is 6. The summed E-state index contributed by atoms with van der Waals surface area (Å²) in [4.78, 5) is 17.4. The highest BCUT2D eigenvalue weighted by molar-refractivity contribution is 9.10. The number of carbonyl (C=O) groups excluding carboxylic acids is 1. The summed E-state index contributed by atoms with van der Waals surface area (Å²) >= 11 is 4.60. The van der Waals surface area contributed by atoms with E-state index in [0.717, 1.165) is 5.56 Å². The first-order valence-electron chi connectivity index (χ1n) is 8.97. The first-order valence-corrected chi connectivity index (χ1v) is 10.6. The lowest BCUT2D eigenvalue weighted by Crippen LogP contribution is -2.12. The molecule has 30 heavy (non-hydrogen) atoms. The number of para-hydroxylation sites is 1. The molecule has 0 radical (unpaired) electrons. The second-order valence-corrected chi connectivity index (χ2v) is 7.83. The number of benzene rings is 2. The molecule has 1 aliphatic rings. The number of aliphatic imine (C=N–C) groups is 1. The third-order valence-corrected chi connectivity index (χ3v) is 5.54. The van der Waals surface area contributed by atoms with Crippen LogP contribution in [0.3, 0.4) is 0 Å². The highest BCUT2D eigenvalue weighted by atomic mass is 79.9. The number of nitriles is 1. The number of aliphatic hydroxyl groups excluding tert-OH is 1. The summed E-state index contributed by atoms with van der Waals surface area (Å²) in [5, 5.41) is 19.7. The van der Waals surface area contributed by atoms with Crippen LogP contribution in [0.2, 0.25) is 0 Å². The summed E-state index contributed by atoms with van der Waals surface area (Å²) in [5.74, 6) is -0.257. The topological polar surface area (TPSA) is 91.9 Å². The summed E-state index contributed by atoms with van der Waals surface area (Å²) in [6.45, 7) is 1.84. The average molecular weight is 485 g/mol. The first kappa shape index (κ1) is 21.7. The highest BCUT2D eigenvalue weighted by Gasteiger charge is 2.33. The molecule has 1 aliphatic heterocycles. The number of halogens is 1. The van der Waals surface area contributed by atoms with Crippen LogP contribution in [0.4, 0.5) is 5.69 Å². The second kappa shape index (κ2) is 10.1. The van der Waals surface area contributed by atoms with Crippen LogP contribution in [0.1, 0.15) is 12.5 Å². The fourth-order valence-corrected chi connectivity index (χ4v) is 4.14. The molecule has 152 valence electrons. The number of esters is 1. The van der Waals surface area contributed by atoms with Crippen molar-refractivity contribution in [2.45, 2.75) is 6.92 Å². The molecular formula is C22H17BrN2O4S. The number of ether oxygens (including phenoxy) is 2. The molecule has 0 bridgehead atoms. The van der Waals surface area contributed by atoms with E-state index in [1.165, 1.54) is 11.8 Å². The van der Waals surface area contributed by atoms with Crippen molar-refractivity contribution in [2.24, 2.45) is 4.99 Å². The van der Waals surface area contributed by atoms with Crippen LogP contribution in [-0.2, 0) is 9.53 Å². The van der Waals surface area contributed by atoms with Gasteiger partial charge in [0.15, 0.2) is 6.61 Å². The van der Waals surface area contributed by atoms with E-state index in [1.807, 2.05) is 36.4 Å². The number of carbonyl (C=O) groups is 1. The molecule has 0 atom stereocenters. The van der Waals surface area contributed by atoms with E-state index in [9.17, 15) is 9.90 Å². The monoisotopic (exact) mass is 484 g/mol. The van der Waals surface area contributed by atoms with E-state index < -0.39 is 5.97 Å². The van der Waals surface area contributed by atoms with Crippen LogP contribution in [0, 0.1) is 11.3 Å². The summed E-state index contributed by atoms with van der Waals surface area (Å²) in [6.07, 6.45) is 1.74. The molecule has 0 spiro atoms. The molecule has 0 aromatic heterocycles. The summed E-state index contributed by atoms with van der Waals surface area (Å²) in [5.41, 5.74) is 1.48. The van der Waals surface area contributed by atoms with Crippen LogP contribution in [0.15, 0.2) is 74.2 Å². The minimum atomic E-state index is -0.623. The summed E-state index contributed by atoms with van der Waals surface area (Å²) in [6, 6.07) is 16.4. The van der Waals surface area contributed by atoms with E-state index in [2.05, 4.69) is 20.9 Å². The zero-order valence-corrected chi connectivity index (χ0v) is 18.4. The van der Waals surface area contributed by atoms with Gasteiger partial charge in [-0.25, -0.2) is 9.79 Å². The van der Waals surface area contributed by atoms with Crippen molar-refractivity contribution >= 4 is 50.5 Å². The Labute approximate surface area is 186 Å². The Hall–Kier alpha value is -3.02. The van der Waals surface area contributed by atoms with Gasteiger partial charge in [0.2, 0.25) is 0 Å². The van der Waals surface area contributed by atoms with Crippen molar-refractivity contribution in [1.29, 1.82) is 5.26 Å². The third-order valence-electron chi connectivity index (χ3n) is 3.90. The van der Waals surface area contributed by atoms with E-state index in [1.54, 1.807) is 31.2 Å². The van der Waals surface area contributed by atoms with Crippen molar-refractivity contribution in [2.75, 3.05) is 13.2 Å². The Balaban J connectivity index is 1.97. The van der Waals surface area contributed by atoms with E-state index in [-0.39, 0.29) is 24.5 Å². The predicted octanol–water partition coefficient (Wildman–Crippen LogP) is 5.54. The maximum Gasteiger partial charge on any atom is 0.344 e. The standard InChI is InChI=1S/C22H17BrN2O4S/c1-2-28-22(27)19-20(26)18(30-21(19)25-15-6-4-3-5-7-15)13-14-8-9-17(16(23)12-14)29-11-10-24/h3-9,12-13,26H,2,11H2,1H3/b18-13-,25-21?. The normalized spacial score (nSPS) is 16.0. The van der Waals surface area contributed by atoms with Crippen molar-refractivity contribution in [3.05, 3.63) is 74.8 Å². The lowest BCUT2D eigenvalue weighted by molar-refractivity contribution is -0.138. The van der Waals surface area contributed by atoms with Crippen LogP contribution in [-0.4, -0.2) is 29.3 Å². The highest BCUT2D eigenvalue weighted by Crippen LogP contribution is 2.40. The molecule has 1 N–H and O–H groups in total. The first-order chi connectivity index (χ1) is 14.5. The van der Waals surface area contributed by atoms with Crippen LogP contribution < -0.4 is 4.74 Å². The Kier molecular flexibility index (Phi) is 7.33. The maximum atomic E-state index is 12.4. The third kappa shape index (κ3) is 5.12. The van der Waals surface area contributed by atoms with Gasteiger partial charge in [0.1, 0.15) is 28.2 Å². The zero-order chi connectivity index (χ0) is 21.5. The van der Waals surface area contributed by atoms with Gasteiger partial charge in [-0.3, -0.25) is 0 Å². The quantitative estimate of drug-likeness (QED) is 0.540. The number of nitrogens with zero attached hydrogens (tertiary/aromatic N) is 2. The molecule has 8 heteroatoms. The minimum Gasteiger partial charge on any atom is -0.506 e. The predicted molar refractivity (Wildman–Crippen MR) is 121 cm³/mol. The van der Waals surface area contributed by atoms with Crippen molar-refractivity contribution in [3.8, 4) is 11.8 Å². The van der Waals surface area contributed by atoms with E-state index in [0.29, 0.717) is 25.9 Å². The Bertz CT molecular complexity index is 1090. The average Bonchev–Trinajstić information content (AvgIpc) is 3.03. The number of aliphatic hydroxyl groups is 1. The van der Waals surface area contributed by atoms with Gasteiger partial charge < -0.3 is 14.6 Å². The van der Waals surface area contributed by atoms with Crippen LogP contribution in [0.25, 0.3) is 6.08 Å². The summed E-state index contributed by atoms with van der Waals surface area (Å²) < 4.78 is 11.1. The van der Waals surface area contributed by atoms with Crippen molar-refractivity contribution < 1.29 is 19.4 Å². The molecule has 2 aromatic carbocycles. The fraction of sp³-hybridized carbons (Fsp3) is 0.136. The van der Waals surface area contributed by atoms with Gasteiger partial charge in [-0.1, -0.05) is 36.0 Å². The van der Waals surface area contributed by atoms with Gasteiger partial charge >= 0.3 is 5.97 Å². The van der Waals surface area contributed by atoms with Gasteiger partial charge in [0.05, 0.1) is 21.7 Å². The largest absolute Gasteiger partial charge is 0.506 e. The van der Waals surface area contributed by atoms with Gasteiger partial charge in [-0.15, -0.1) is 0 Å². The molecule has 0 unspecified atom stereocenters. The van der Waals surface area contributed by atoms with E-state index >= 15 is 0 Å². The summed E-state index contributed by atoms with van der Waals surface area (Å²) in [7, 11) is 0. The van der Waals surface area contributed by atoms with Gasteiger partial charge in [-0.2, -0.15) is 5.26 Å². The molecular weight excluding hydrogens is 468 g/mol. The molecule has 0 aliphatic carbocycles. The smallest absolute Gasteiger partial charge is 0.344 e. The lowest BCUT2D eigenvalue weighted by atomic mass is 10.1. The fourth-order valence-electron chi connectivity index (χ4n) is 2.60. The number of hydrogen-bond acceptors (Lipinski definition) is 7. The number of thioether (sulfide) groups is 1. The van der Waals surface area contributed by atoms with E-state index in [4.69, 9.17) is 14.7 Å². The lowest BCUT2D eigenvalue weighted by Gasteiger charge is -2.06. The number of hydrogen-bond donors (Lipinski definition) is 1. The second-order valence-electron chi connectivity index (χ2n) is 5.94. The molecule has 0 saturated carbocycles. The molecule has 0 saturated heterocycles. The van der Waals surface area contributed by atoms with Gasteiger partial charge in [-0.05, 0) is 58.8 Å². The molecule has 0 amide bonds.